The molecule has 1 aromatic carbocycles. The first-order valence-electron chi connectivity index (χ1n) is 6.34. The van der Waals surface area contributed by atoms with E-state index in [4.69, 9.17) is 5.11 Å². The van der Waals surface area contributed by atoms with Crippen molar-refractivity contribution >= 4 is 0 Å². The molecule has 2 N–H and O–H groups in total. The van der Waals surface area contributed by atoms with Gasteiger partial charge in [-0.3, -0.25) is 0 Å². The molecule has 0 aliphatic heterocycles. The van der Waals surface area contributed by atoms with Gasteiger partial charge in [0.15, 0.2) is 0 Å². The van der Waals surface area contributed by atoms with Crippen LogP contribution in [0.15, 0.2) is 24.3 Å². The SMILES string of the molecule is Cc1ccccc1CN[C@H](CCO)C(C)(C)C. The van der Waals surface area contributed by atoms with Gasteiger partial charge in [0.1, 0.15) is 0 Å². The zero-order valence-corrected chi connectivity index (χ0v) is 11.5. The average Bonchev–Trinajstić information content (AvgIpc) is 2.24. The van der Waals surface area contributed by atoms with E-state index in [1.54, 1.807) is 0 Å². The van der Waals surface area contributed by atoms with Gasteiger partial charge in [-0.15, -0.1) is 0 Å². The van der Waals surface area contributed by atoms with Crippen molar-refractivity contribution in [2.45, 2.75) is 46.7 Å². The number of benzene rings is 1. The predicted octanol–water partition coefficient (Wildman–Crippen LogP) is 2.88. The van der Waals surface area contributed by atoms with Crippen LogP contribution in [0, 0.1) is 12.3 Å². The first kappa shape index (κ1) is 14.2. The van der Waals surface area contributed by atoms with E-state index in [1.807, 2.05) is 0 Å². The van der Waals surface area contributed by atoms with E-state index in [-0.39, 0.29) is 12.0 Å². The molecular weight excluding hydrogens is 210 g/mol. The summed E-state index contributed by atoms with van der Waals surface area (Å²) in [4.78, 5) is 0. The Labute approximate surface area is 105 Å². The minimum Gasteiger partial charge on any atom is -0.396 e. The predicted molar refractivity (Wildman–Crippen MR) is 73.0 cm³/mol. The molecule has 17 heavy (non-hydrogen) atoms. The Morgan fingerprint density at radius 2 is 1.88 bits per heavy atom. The van der Waals surface area contributed by atoms with Crippen LogP contribution in [0.5, 0.6) is 0 Å². The minimum absolute atomic E-state index is 0.172. The molecule has 0 aliphatic rings. The molecule has 1 atom stereocenters. The number of hydrogen-bond acceptors (Lipinski definition) is 2. The third-order valence-corrected chi connectivity index (χ3v) is 3.26. The Hall–Kier alpha value is -0.860. The summed E-state index contributed by atoms with van der Waals surface area (Å²) in [5, 5.41) is 12.7. The highest BCUT2D eigenvalue weighted by Crippen LogP contribution is 2.22. The summed E-state index contributed by atoms with van der Waals surface area (Å²) in [6.07, 6.45) is 0.801. The zero-order chi connectivity index (χ0) is 12.9. The first-order valence-corrected chi connectivity index (χ1v) is 6.34. The van der Waals surface area contributed by atoms with E-state index >= 15 is 0 Å². The maximum absolute atomic E-state index is 9.11. The van der Waals surface area contributed by atoms with Crippen molar-refractivity contribution in [3.8, 4) is 0 Å². The molecule has 0 fully saturated rings. The summed E-state index contributed by atoms with van der Waals surface area (Å²) in [7, 11) is 0. The fourth-order valence-corrected chi connectivity index (χ4v) is 2.01. The number of aliphatic hydroxyl groups excluding tert-OH is 1. The van der Waals surface area contributed by atoms with Gasteiger partial charge in [-0.1, -0.05) is 45.0 Å². The van der Waals surface area contributed by atoms with E-state index < -0.39 is 0 Å². The van der Waals surface area contributed by atoms with Crippen molar-refractivity contribution in [3.05, 3.63) is 35.4 Å². The van der Waals surface area contributed by atoms with Crippen LogP contribution in [0.4, 0.5) is 0 Å². The Bertz CT molecular complexity index is 341. The highest BCUT2D eigenvalue weighted by molar-refractivity contribution is 5.25. The van der Waals surface area contributed by atoms with Crippen LogP contribution in [0.25, 0.3) is 0 Å². The van der Waals surface area contributed by atoms with Gasteiger partial charge in [0.2, 0.25) is 0 Å². The molecule has 0 heterocycles. The number of nitrogens with one attached hydrogen (secondary N) is 1. The van der Waals surface area contributed by atoms with Crippen molar-refractivity contribution in [2.75, 3.05) is 6.61 Å². The second-order valence-corrected chi connectivity index (χ2v) is 5.74. The Balaban J connectivity index is 2.61. The van der Waals surface area contributed by atoms with Crippen molar-refractivity contribution in [3.63, 3.8) is 0 Å². The highest BCUT2D eigenvalue weighted by atomic mass is 16.3. The van der Waals surface area contributed by atoms with Gasteiger partial charge in [-0.2, -0.15) is 0 Å². The lowest BCUT2D eigenvalue weighted by molar-refractivity contribution is 0.196. The van der Waals surface area contributed by atoms with Gasteiger partial charge < -0.3 is 10.4 Å². The van der Waals surface area contributed by atoms with Crippen LogP contribution in [-0.2, 0) is 6.54 Å². The molecule has 96 valence electrons. The standard InChI is InChI=1S/C15H25NO/c1-12-7-5-6-8-13(12)11-16-14(9-10-17)15(2,3)4/h5-8,14,16-17H,9-11H2,1-4H3/t14-/m1/s1. The summed E-state index contributed by atoms with van der Waals surface area (Å²) >= 11 is 0. The largest absolute Gasteiger partial charge is 0.396 e. The van der Waals surface area contributed by atoms with Crippen LogP contribution in [0.3, 0.4) is 0 Å². The molecule has 2 heteroatoms. The second kappa shape index (κ2) is 6.18. The molecule has 0 aliphatic carbocycles. The fourth-order valence-electron chi connectivity index (χ4n) is 2.01. The van der Waals surface area contributed by atoms with Gasteiger partial charge in [0.25, 0.3) is 0 Å². The zero-order valence-electron chi connectivity index (χ0n) is 11.5. The minimum atomic E-state index is 0.172. The maximum Gasteiger partial charge on any atom is 0.0446 e. The van der Waals surface area contributed by atoms with Crippen LogP contribution >= 0.6 is 0 Å². The van der Waals surface area contributed by atoms with E-state index in [0.29, 0.717) is 6.04 Å². The van der Waals surface area contributed by atoms with Gasteiger partial charge in [0, 0.05) is 19.2 Å². The number of aryl methyl sites for hydroxylation is 1. The van der Waals surface area contributed by atoms with Gasteiger partial charge in [-0.25, -0.2) is 0 Å². The highest BCUT2D eigenvalue weighted by Gasteiger charge is 2.23. The van der Waals surface area contributed by atoms with Gasteiger partial charge >= 0.3 is 0 Å². The summed E-state index contributed by atoms with van der Waals surface area (Å²) in [6, 6.07) is 8.76. The molecule has 0 amide bonds. The smallest absolute Gasteiger partial charge is 0.0446 e. The van der Waals surface area contributed by atoms with Gasteiger partial charge in [-0.05, 0) is 29.9 Å². The maximum atomic E-state index is 9.11. The molecule has 0 saturated carbocycles. The third-order valence-electron chi connectivity index (χ3n) is 3.26. The van der Waals surface area contributed by atoms with Gasteiger partial charge in [0.05, 0.1) is 0 Å². The van der Waals surface area contributed by atoms with Crippen molar-refractivity contribution in [2.24, 2.45) is 5.41 Å². The fraction of sp³-hybridized carbons (Fsp3) is 0.600. The number of aliphatic hydroxyl groups is 1. The van der Waals surface area contributed by atoms with Crippen LogP contribution in [-0.4, -0.2) is 17.8 Å². The van der Waals surface area contributed by atoms with Crippen molar-refractivity contribution in [1.29, 1.82) is 0 Å². The number of rotatable bonds is 5. The molecule has 1 aromatic rings. The summed E-state index contributed by atoms with van der Waals surface area (Å²) < 4.78 is 0. The molecule has 0 saturated heterocycles. The molecule has 0 bridgehead atoms. The Morgan fingerprint density at radius 3 is 2.41 bits per heavy atom. The molecular formula is C15H25NO. The quantitative estimate of drug-likeness (QED) is 0.822. The summed E-state index contributed by atoms with van der Waals surface area (Å²) in [6.45, 7) is 9.86. The summed E-state index contributed by atoms with van der Waals surface area (Å²) in [5.41, 5.74) is 2.82. The van der Waals surface area contributed by atoms with E-state index in [9.17, 15) is 0 Å². The Kier molecular flexibility index (Phi) is 5.16. The van der Waals surface area contributed by atoms with E-state index in [1.165, 1.54) is 11.1 Å². The first-order chi connectivity index (χ1) is 7.95. The topological polar surface area (TPSA) is 32.3 Å². The van der Waals surface area contributed by atoms with Crippen LogP contribution in [0.1, 0.15) is 38.3 Å². The lowest BCUT2D eigenvalue weighted by Crippen LogP contribution is -2.40. The van der Waals surface area contributed by atoms with Crippen molar-refractivity contribution in [1.82, 2.24) is 5.32 Å². The Morgan fingerprint density at radius 1 is 1.24 bits per heavy atom. The molecule has 0 spiro atoms. The average molecular weight is 235 g/mol. The summed E-state index contributed by atoms with van der Waals surface area (Å²) in [5.74, 6) is 0. The van der Waals surface area contributed by atoms with E-state index in [2.05, 4.69) is 57.3 Å². The van der Waals surface area contributed by atoms with Crippen molar-refractivity contribution < 1.29 is 5.11 Å². The monoisotopic (exact) mass is 235 g/mol. The molecule has 2 nitrogen and oxygen atoms in total. The molecule has 0 unspecified atom stereocenters. The van der Waals surface area contributed by atoms with Crippen LogP contribution < -0.4 is 5.32 Å². The molecule has 0 aromatic heterocycles. The van der Waals surface area contributed by atoms with Crippen LogP contribution in [0.2, 0.25) is 0 Å². The number of hydrogen-bond donors (Lipinski definition) is 2. The van der Waals surface area contributed by atoms with E-state index in [0.717, 1.165) is 13.0 Å². The third kappa shape index (κ3) is 4.49. The second-order valence-electron chi connectivity index (χ2n) is 5.74. The lowest BCUT2D eigenvalue weighted by atomic mass is 9.85. The molecule has 1 rings (SSSR count). The normalized spacial score (nSPS) is 13.7. The molecule has 0 radical (unpaired) electrons. The lowest BCUT2D eigenvalue weighted by Gasteiger charge is -2.31.